The van der Waals surface area contributed by atoms with Crippen LogP contribution in [0.3, 0.4) is 0 Å². The summed E-state index contributed by atoms with van der Waals surface area (Å²) in [6.45, 7) is 5.97. The smallest absolute Gasteiger partial charge is 0.301 e. The molecule has 4 aromatic rings. The van der Waals surface area contributed by atoms with Crippen LogP contribution in [0.1, 0.15) is 35.2 Å². The summed E-state index contributed by atoms with van der Waals surface area (Å²) in [7, 11) is 1.50. The van der Waals surface area contributed by atoms with E-state index in [4.69, 9.17) is 9.47 Å². The van der Waals surface area contributed by atoms with Crippen LogP contribution in [0.25, 0.3) is 16.0 Å². The van der Waals surface area contributed by atoms with Gasteiger partial charge in [0, 0.05) is 5.56 Å². The lowest BCUT2D eigenvalue weighted by molar-refractivity contribution is -0.132. The van der Waals surface area contributed by atoms with Crippen LogP contribution in [0, 0.1) is 19.7 Å². The third-order valence-electron chi connectivity index (χ3n) is 6.44. The predicted octanol–water partition coefficient (Wildman–Crippen LogP) is 6.09. The van der Waals surface area contributed by atoms with E-state index in [0.29, 0.717) is 39.4 Å². The van der Waals surface area contributed by atoms with Crippen molar-refractivity contribution in [1.29, 1.82) is 0 Å². The summed E-state index contributed by atoms with van der Waals surface area (Å²) in [6.07, 6.45) is 0. The number of aryl methyl sites for hydroxylation is 2. The van der Waals surface area contributed by atoms with E-state index in [0.717, 1.165) is 22.5 Å². The Labute approximate surface area is 222 Å². The Balaban J connectivity index is 1.76. The number of thiazole rings is 1. The van der Waals surface area contributed by atoms with E-state index in [1.165, 1.54) is 30.2 Å². The van der Waals surface area contributed by atoms with E-state index in [-0.39, 0.29) is 16.5 Å². The topological polar surface area (TPSA) is 89.0 Å². The predicted molar refractivity (Wildman–Crippen MR) is 144 cm³/mol. The number of hydrogen-bond acceptors (Lipinski definition) is 7. The average Bonchev–Trinajstić information content (AvgIpc) is 3.43. The molecule has 1 aliphatic rings. The molecule has 1 atom stereocenters. The largest absolute Gasteiger partial charge is 0.507 e. The van der Waals surface area contributed by atoms with E-state index in [1.54, 1.807) is 24.3 Å². The van der Waals surface area contributed by atoms with Gasteiger partial charge >= 0.3 is 5.91 Å². The van der Waals surface area contributed by atoms with Crippen LogP contribution in [-0.4, -0.2) is 35.5 Å². The van der Waals surface area contributed by atoms with Crippen LogP contribution in [0.15, 0.2) is 60.2 Å². The number of rotatable bonds is 6. The van der Waals surface area contributed by atoms with Crippen molar-refractivity contribution in [2.45, 2.75) is 26.8 Å². The summed E-state index contributed by atoms with van der Waals surface area (Å²) < 4.78 is 25.6. The molecule has 5 rings (SSSR count). The third-order valence-corrected chi connectivity index (χ3v) is 7.46. The second-order valence-corrected chi connectivity index (χ2v) is 9.95. The number of halogens is 1. The van der Waals surface area contributed by atoms with Crippen LogP contribution in [0.2, 0.25) is 0 Å². The first kappa shape index (κ1) is 25.4. The van der Waals surface area contributed by atoms with Crippen molar-refractivity contribution < 1.29 is 28.6 Å². The molecule has 2 heterocycles. The van der Waals surface area contributed by atoms with Gasteiger partial charge in [0.2, 0.25) is 0 Å². The lowest BCUT2D eigenvalue weighted by Crippen LogP contribution is -2.29. The van der Waals surface area contributed by atoms with E-state index in [9.17, 15) is 19.1 Å². The van der Waals surface area contributed by atoms with Gasteiger partial charge in [0.05, 0.1) is 35.5 Å². The van der Waals surface area contributed by atoms with Gasteiger partial charge in [-0.05, 0) is 68.3 Å². The van der Waals surface area contributed by atoms with Crippen molar-refractivity contribution in [1.82, 2.24) is 4.98 Å². The number of aromatic nitrogens is 1. The fraction of sp³-hybridized carbons (Fsp3) is 0.207. The first-order valence-electron chi connectivity index (χ1n) is 12.0. The SMILES string of the molecule is CCOc1ccc(C2C(=C(O)c3cc(C)ccc3C)C(=O)C(=O)N2c2nc3ccc(F)cc3s2)cc1OC. The van der Waals surface area contributed by atoms with Crippen molar-refractivity contribution in [3.63, 3.8) is 0 Å². The summed E-state index contributed by atoms with van der Waals surface area (Å²) in [5, 5.41) is 11.7. The highest BCUT2D eigenvalue weighted by atomic mass is 32.1. The monoisotopic (exact) mass is 532 g/mol. The quantitative estimate of drug-likeness (QED) is 0.184. The minimum atomic E-state index is -1.01. The molecule has 1 amide bonds. The first-order chi connectivity index (χ1) is 18.2. The van der Waals surface area contributed by atoms with Gasteiger partial charge in [-0.2, -0.15) is 0 Å². The summed E-state index contributed by atoms with van der Waals surface area (Å²) in [4.78, 5) is 32.8. The molecule has 1 unspecified atom stereocenters. The number of methoxy groups -OCH3 is 1. The third kappa shape index (κ3) is 4.28. The molecule has 194 valence electrons. The highest BCUT2D eigenvalue weighted by Gasteiger charge is 2.48. The zero-order valence-electron chi connectivity index (χ0n) is 21.2. The molecule has 7 nitrogen and oxygen atoms in total. The maximum atomic E-state index is 13.9. The molecule has 3 aromatic carbocycles. The Morgan fingerprint density at radius 3 is 2.61 bits per heavy atom. The van der Waals surface area contributed by atoms with E-state index in [2.05, 4.69) is 4.98 Å². The number of benzene rings is 3. The number of Topliss-reactive ketones (excluding diaryl/α,β-unsaturated/α-hetero) is 1. The Morgan fingerprint density at radius 2 is 1.87 bits per heavy atom. The zero-order valence-corrected chi connectivity index (χ0v) is 22.1. The molecule has 0 aliphatic carbocycles. The zero-order chi connectivity index (χ0) is 27.1. The Bertz CT molecular complexity index is 1630. The molecular weight excluding hydrogens is 507 g/mol. The van der Waals surface area contributed by atoms with Gasteiger partial charge in [-0.3, -0.25) is 14.5 Å². The van der Waals surface area contributed by atoms with Gasteiger partial charge in [-0.25, -0.2) is 9.37 Å². The molecule has 1 aliphatic heterocycles. The lowest BCUT2D eigenvalue weighted by Gasteiger charge is -2.24. The standard InChI is InChI=1S/C29H25FN2O5S/c1-5-37-21-11-8-17(13-22(21)36-4)25-24(26(33)19-12-15(2)6-7-16(19)3)27(34)28(35)32(25)29-31-20-10-9-18(30)14-23(20)38-29/h6-14,25,33H,5H2,1-4H3. The number of ketones is 1. The molecular formula is C29H25FN2O5S. The lowest BCUT2D eigenvalue weighted by atomic mass is 9.93. The van der Waals surface area contributed by atoms with Crippen molar-refractivity contribution in [2.24, 2.45) is 0 Å². The number of hydrogen-bond donors (Lipinski definition) is 1. The van der Waals surface area contributed by atoms with Gasteiger partial charge in [0.25, 0.3) is 5.78 Å². The van der Waals surface area contributed by atoms with E-state index >= 15 is 0 Å². The molecule has 38 heavy (non-hydrogen) atoms. The number of aliphatic hydroxyl groups is 1. The molecule has 0 radical (unpaired) electrons. The van der Waals surface area contributed by atoms with Crippen molar-refractivity contribution in [3.05, 3.63) is 88.2 Å². The first-order valence-corrected chi connectivity index (χ1v) is 12.8. The van der Waals surface area contributed by atoms with Crippen LogP contribution in [-0.2, 0) is 9.59 Å². The number of carbonyl (C=O) groups is 2. The number of fused-ring (bicyclic) bond motifs is 1. The fourth-order valence-corrected chi connectivity index (χ4v) is 5.62. The van der Waals surface area contributed by atoms with Gasteiger partial charge in [0.15, 0.2) is 16.6 Å². The molecule has 1 N–H and O–H groups in total. The van der Waals surface area contributed by atoms with Gasteiger partial charge < -0.3 is 14.6 Å². The van der Waals surface area contributed by atoms with Crippen molar-refractivity contribution in [3.8, 4) is 11.5 Å². The Kier molecular flexibility index (Phi) is 6.62. The van der Waals surface area contributed by atoms with Gasteiger partial charge in [-0.1, -0.05) is 35.1 Å². The molecule has 1 fully saturated rings. The molecule has 1 aromatic heterocycles. The minimum absolute atomic E-state index is 0.0691. The highest BCUT2D eigenvalue weighted by Crippen LogP contribution is 2.46. The molecule has 9 heteroatoms. The molecule has 0 bridgehead atoms. The summed E-state index contributed by atoms with van der Waals surface area (Å²) in [5.41, 5.74) is 3.03. The summed E-state index contributed by atoms with van der Waals surface area (Å²) >= 11 is 1.09. The van der Waals surface area contributed by atoms with E-state index in [1.807, 2.05) is 32.9 Å². The number of nitrogens with zero attached hydrogens (tertiary/aromatic N) is 2. The number of ether oxygens (including phenoxy) is 2. The minimum Gasteiger partial charge on any atom is -0.507 e. The molecule has 0 spiro atoms. The van der Waals surface area contributed by atoms with Crippen LogP contribution >= 0.6 is 11.3 Å². The second kappa shape index (κ2) is 9.90. The van der Waals surface area contributed by atoms with Gasteiger partial charge in [0.1, 0.15) is 11.6 Å². The van der Waals surface area contributed by atoms with E-state index < -0.39 is 23.5 Å². The number of anilines is 1. The van der Waals surface area contributed by atoms with Gasteiger partial charge in [-0.15, -0.1) is 0 Å². The highest BCUT2D eigenvalue weighted by molar-refractivity contribution is 7.22. The van der Waals surface area contributed by atoms with Crippen molar-refractivity contribution in [2.75, 3.05) is 18.6 Å². The maximum absolute atomic E-state index is 13.9. The summed E-state index contributed by atoms with van der Waals surface area (Å²) in [6, 6.07) is 13.7. The maximum Gasteiger partial charge on any atom is 0.301 e. The van der Waals surface area contributed by atoms with Crippen LogP contribution in [0.5, 0.6) is 11.5 Å². The average molecular weight is 533 g/mol. The van der Waals surface area contributed by atoms with Crippen LogP contribution < -0.4 is 14.4 Å². The fourth-order valence-electron chi connectivity index (χ4n) is 4.60. The normalized spacial score (nSPS) is 16.9. The molecule has 1 saturated heterocycles. The van der Waals surface area contributed by atoms with Crippen LogP contribution in [0.4, 0.5) is 9.52 Å². The Hall–Kier alpha value is -4.24. The Morgan fingerprint density at radius 1 is 1.08 bits per heavy atom. The summed E-state index contributed by atoms with van der Waals surface area (Å²) in [5.74, 6) is -1.48. The number of carbonyl (C=O) groups excluding carboxylic acids is 2. The number of amides is 1. The second-order valence-electron chi connectivity index (χ2n) is 8.94. The molecule has 0 saturated carbocycles. The van der Waals surface area contributed by atoms with Crippen molar-refractivity contribution >= 4 is 44.1 Å². The number of aliphatic hydroxyl groups excluding tert-OH is 1.